The van der Waals surface area contributed by atoms with Crippen molar-refractivity contribution < 1.29 is 0 Å². The number of nitrogens with one attached hydrogen (secondary N) is 1. The van der Waals surface area contributed by atoms with Gasteiger partial charge in [0.25, 0.3) is 0 Å². The summed E-state index contributed by atoms with van der Waals surface area (Å²) in [5.41, 5.74) is 5.15. The number of rotatable bonds is 2. The molecule has 0 saturated carbocycles. The summed E-state index contributed by atoms with van der Waals surface area (Å²) in [5, 5.41) is 5.76. The molecule has 1 heterocycles. The molecule has 3 heteroatoms. The molecule has 0 aromatic heterocycles. The Hall–Kier alpha value is -0.700. The largest absolute Gasteiger partial charge is 0.302 e. The van der Waals surface area contributed by atoms with Gasteiger partial charge in [0.1, 0.15) is 0 Å². The van der Waals surface area contributed by atoms with Crippen molar-refractivity contribution in [2.45, 2.75) is 19.4 Å². The van der Waals surface area contributed by atoms with Crippen molar-refractivity contribution >= 4 is 18.3 Å². The third kappa shape index (κ3) is 2.12. The van der Waals surface area contributed by atoms with Crippen molar-refractivity contribution in [3.63, 3.8) is 0 Å². The summed E-state index contributed by atoms with van der Waals surface area (Å²) in [7, 11) is 0. The second-order valence-electron chi connectivity index (χ2n) is 2.62. The lowest BCUT2D eigenvalue weighted by atomic mass is 10.1. The van der Waals surface area contributed by atoms with Crippen LogP contribution in [0.3, 0.4) is 0 Å². The Morgan fingerprint density at radius 3 is 3.09 bits per heavy atom. The highest BCUT2D eigenvalue weighted by Crippen LogP contribution is 2.12. The topological polar surface area (TPSA) is 24.4 Å². The summed E-state index contributed by atoms with van der Waals surface area (Å²) in [5.74, 6) is 0. The summed E-state index contributed by atoms with van der Waals surface area (Å²) < 4.78 is 0. The van der Waals surface area contributed by atoms with Crippen molar-refractivity contribution in [3.8, 4) is 0 Å². The molecule has 1 rings (SSSR count). The first-order valence-electron chi connectivity index (χ1n) is 3.52. The minimum Gasteiger partial charge on any atom is -0.302 e. The quantitative estimate of drug-likeness (QED) is 0.476. The van der Waals surface area contributed by atoms with Crippen LogP contribution in [-0.2, 0) is 0 Å². The number of hydrazone groups is 1. The molecule has 0 spiro atoms. The van der Waals surface area contributed by atoms with Gasteiger partial charge in [0.05, 0.1) is 6.04 Å². The van der Waals surface area contributed by atoms with Crippen LogP contribution in [0.1, 0.15) is 13.3 Å². The van der Waals surface area contributed by atoms with Gasteiger partial charge in [-0.15, -0.1) is 0 Å². The lowest BCUT2D eigenvalue weighted by Crippen LogP contribution is -2.20. The lowest BCUT2D eigenvalue weighted by molar-refractivity contribution is 0.672. The van der Waals surface area contributed by atoms with E-state index >= 15 is 0 Å². The first kappa shape index (κ1) is 8.40. The number of hydrogen-bond donors (Lipinski definition) is 2. The molecule has 1 N–H and O–H groups in total. The zero-order valence-electron chi connectivity index (χ0n) is 6.54. The van der Waals surface area contributed by atoms with Gasteiger partial charge in [-0.2, -0.15) is 17.7 Å². The van der Waals surface area contributed by atoms with Crippen molar-refractivity contribution in [2.24, 2.45) is 5.10 Å². The van der Waals surface area contributed by atoms with Crippen LogP contribution < -0.4 is 5.43 Å². The van der Waals surface area contributed by atoms with E-state index < -0.39 is 0 Å². The monoisotopic (exact) mass is 168 g/mol. The standard InChI is InChI=1S/C8H12N2S/c1-6(3-4-11)8-5-7(2)9-10-8/h3-4,8,10-11H,1,5H2,2H3/b4-3-. The highest BCUT2D eigenvalue weighted by atomic mass is 32.1. The van der Waals surface area contributed by atoms with E-state index in [2.05, 4.69) is 29.7 Å². The van der Waals surface area contributed by atoms with Crippen molar-refractivity contribution in [1.82, 2.24) is 5.43 Å². The van der Waals surface area contributed by atoms with Gasteiger partial charge in [-0.1, -0.05) is 12.7 Å². The molecule has 0 radical (unpaired) electrons. The molecular formula is C8H12N2S. The summed E-state index contributed by atoms with van der Waals surface area (Å²) in [6.45, 7) is 5.89. The minimum atomic E-state index is 0.276. The molecule has 1 unspecified atom stereocenters. The summed E-state index contributed by atoms with van der Waals surface area (Å²) in [6, 6.07) is 0.276. The third-order valence-corrected chi connectivity index (χ3v) is 1.80. The average molecular weight is 168 g/mol. The summed E-state index contributed by atoms with van der Waals surface area (Å²) in [6.07, 6.45) is 2.84. The van der Waals surface area contributed by atoms with E-state index in [1.807, 2.05) is 13.0 Å². The highest BCUT2D eigenvalue weighted by Gasteiger charge is 2.15. The van der Waals surface area contributed by atoms with E-state index in [9.17, 15) is 0 Å². The van der Waals surface area contributed by atoms with Gasteiger partial charge in [0, 0.05) is 12.1 Å². The molecule has 0 aromatic rings. The van der Waals surface area contributed by atoms with Crippen molar-refractivity contribution in [1.29, 1.82) is 0 Å². The van der Waals surface area contributed by atoms with Gasteiger partial charge < -0.3 is 5.43 Å². The van der Waals surface area contributed by atoms with Crippen LogP contribution in [0.25, 0.3) is 0 Å². The smallest absolute Gasteiger partial charge is 0.0736 e. The van der Waals surface area contributed by atoms with E-state index in [4.69, 9.17) is 0 Å². The van der Waals surface area contributed by atoms with E-state index in [1.54, 1.807) is 5.41 Å². The second-order valence-corrected chi connectivity index (χ2v) is 2.92. The minimum absolute atomic E-state index is 0.276. The first-order valence-corrected chi connectivity index (χ1v) is 4.04. The van der Waals surface area contributed by atoms with Gasteiger partial charge in [0.15, 0.2) is 0 Å². The zero-order valence-corrected chi connectivity index (χ0v) is 7.44. The molecule has 0 fully saturated rings. The molecule has 11 heavy (non-hydrogen) atoms. The molecular weight excluding hydrogens is 156 g/mol. The maximum absolute atomic E-state index is 4.07. The van der Waals surface area contributed by atoms with Crippen molar-refractivity contribution in [3.05, 3.63) is 23.6 Å². The summed E-state index contributed by atoms with van der Waals surface area (Å²) in [4.78, 5) is 0. The van der Waals surface area contributed by atoms with E-state index in [0.717, 1.165) is 17.7 Å². The molecule has 0 saturated heterocycles. The molecule has 0 aromatic carbocycles. The molecule has 0 bridgehead atoms. The molecule has 0 aliphatic carbocycles. The number of nitrogens with zero attached hydrogens (tertiary/aromatic N) is 1. The van der Waals surface area contributed by atoms with Crippen LogP contribution in [0, 0.1) is 0 Å². The SMILES string of the molecule is C=C(/C=C\S)C1CC(C)=NN1. The molecule has 60 valence electrons. The second kappa shape index (κ2) is 3.62. The van der Waals surface area contributed by atoms with E-state index in [-0.39, 0.29) is 6.04 Å². The third-order valence-electron chi connectivity index (χ3n) is 1.65. The van der Waals surface area contributed by atoms with Crippen LogP contribution in [0.4, 0.5) is 0 Å². The van der Waals surface area contributed by atoms with E-state index in [0.29, 0.717) is 0 Å². The predicted octanol–water partition coefficient (Wildman–Crippen LogP) is 1.72. The van der Waals surface area contributed by atoms with Gasteiger partial charge in [0.2, 0.25) is 0 Å². The lowest BCUT2D eigenvalue weighted by Gasteiger charge is -2.08. The van der Waals surface area contributed by atoms with Crippen LogP contribution >= 0.6 is 12.6 Å². The fourth-order valence-corrected chi connectivity index (χ4v) is 1.19. The zero-order chi connectivity index (χ0) is 8.27. The van der Waals surface area contributed by atoms with Gasteiger partial charge in [-0.25, -0.2) is 0 Å². The van der Waals surface area contributed by atoms with Crippen LogP contribution in [0.5, 0.6) is 0 Å². The Labute approximate surface area is 72.5 Å². The maximum Gasteiger partial charge on any atom is 0.0736 e. The maximum atomic E-state index is 4.07. The molecule has 2 nitrogen and oxygen atoms in total. The van der Waals surface area contributed by atoms with Crippen LogP contribution in [0.15, 0.2) is 28.7 Å². The molecule has 1 atom stereocenters. The number of hydrogen-bond acceptors (Lipinski definition) is 3. The summed E-state index contributed by atoms with van der Waals surface area (Å²) >= 11 is 3.97. The molecule has 1 aliphatic heterocycles. The van der Waals surface area contributed by atoms with Crippen LogP contribution in [0.2, 0.25) is 0 Å². The highest BCUT2D eigenvalue weighted by molar-refractivity contribution is 7.83. The normalized spacial score (nSPS) is 23.5. The number of thiol groups is 1. The fraction of sp³-hybridized carbons (Fsp3) is 0.375. The molecule has 1 aliphatic rings. The Morgan fingerprint density at radius 1 is 1.91 bits per heavy atom. The first-order chi connectivity index (χ1) is 5.24. The Kier molecular flexibility index (Phi) is 2.76. The van der Waals surface area contributed by atoms with E-state index in [1.165, 1.54) is 0 Å². The fourth-order valence-electron chi connectivity index (χ4n) is 1.00. The Bertz CT molecular complexity index is 218. The predicted molar refractivity (Wildman–Crippen MR) is 51.9 cm³/mol. The van der Waals surface area contributed by atoms with Crippen LogP contribution in [-0.4, -0.2) is 11.8 Å². The molecule has 0 amide bonds. The van der Waals surface area contributed by atoms with Gasteiger partial charge in [-0.3, -0.25) is 0 Å². The average Bonchev–Trinajstić information content (AvgIpc) is 2.36. The van der Waals surface area contributed by atoms with Gasteiger partial charge in [-0.05, 0) is 17.9 Å². The van der Waals surface area contributed by atoms with Gasteiger partial charge >= 0.3 is 0 Å². The Morgan fingerprint density at radius 2 is 2.64 bits per heavy atom. The van der Waals surface area contributed by atoms with Crippen molar-refractivity contribution in [2.75, 3.05) is 0 Å². The Balaban J connectivity index is 2.47.